The van der Waals surface area contributed by atoms with E-state index in [2.05, 4.69) is 21.3 Å². The molecule has 2 aliphatic rings. The van der Waals surface area contributed by atoms with Gasteiger partial charge in [-0.15, -0.1) is 0 Å². The number of nitrogens with two attached hydrogens (primary N) is 1. The number of carbonyl (C=O) groups is 2. The number of carbonyl (C=O) groups excluding carboxylic acids is 2. The van der Waals surface area contributed by atoms with E-state index in [1.807, 2.05) is 0 Å². The van der Waals surface area contributed by atoms with Crippen molar-refractivity contribution in [2.45, 2.75) is 51.4 Å². The maximum atomic E-state index is 13.8. The molecule has 43 heavy (non-hydrogen) atoms. The van der Waals surface area contributed by atoms with Crippen molar-refractivity contribution in [3.8, 4) is 28.6 Å². The van der Waals surface area contributed by atoms with E-state index in [9.17, 15) is 28.0 Å². The molecule has 0 spiro atoms. The molecular formula is C29H28F3N9O2. The number of amides is 2. The van der Waals surface area contributed by atoms with Gasteiger partial charge in [0, 0.05) is 36.3 Å². The Bertz CT molecular complexity index is 1810. The van der Waals surface area contributed by atoms with Crippen molar-refractivity contribution in [1.29, 1.82) is 5.26 Å². The molecule has 1 aliphatic heterocycles. The molecule has 0 bridgehead atoms. The highest BCUT2D eigenvalue weighted by molar-refractivity contribution is 6.04. The van der Waals surface area contributed by atoms with Crippen molar-refractivity contribution >= 4 is 28.8 Å². The van der Waals surface area contributed by atoms with Crippen LogP contribution < -0.4 is 10.6 Å². The molecule has 0 radical (unpaired) electrons. The fourth-order valence-electron chi connectivity index (χ4n) is 5.65. The molecule has 11 nitrogen and oxygen atoms in total. The summed E-state index contributed by atoms with van der Waals surface area (Å²) in [5, 5.41) is 18.2. The minimum atomic E-state index is -4.54. The second kappa shape index (κ2) is 9.82. The molecule has 4 heterocycles. The summed E-state index contributed by atoms with van der Waals surface area (Å²) in [7, 11) is 0. The Labute approximate surface area is 244 Å². The predicted octanol–water partition coefficient (Wildman–Crippen LogP) is 4.20. The van der Waals surface area contributed by atoms with Gasteiger partial charge in [0.1, 0.15) is 29.5 Å². The molecule has 1 saturated carbocycles. The molecule has 4 aromatic rings. The van der Waals surface area contributed by atoms with Gasteiger partial charge < -0.3 is 15.5 Å². The first-order valence-electron chi connectivity index (χ1n) is 13.8. The number of hydrogen-bond acceptors (Lipinski definition) is 7. The minimum absolute atomic E-state index is 0.0317. The summed E-state index contributed by atoms with van der Waals surface area (Å²) in [5.41, 5.74) is 7.46. The van der Waals surface area contributed by atoms with Crippen LogP contribution in [-0.4, -0.2) is 65.9 Å². The highest BCUT2D eigenvalue weighted by Gasteiger charge is 2.48. The number of nitriles is 1. The standard InChI is InChI=1S/C29H28F3N9O2/c1-16(29(30,31)32)40-21(8-9-36-40)20-13-23(41-24(20)25(34)35-15-37-41)18-6-7-19(14-33)22(12-18)38-10-11-39(26(42)17-4-5-17)28(2,3)27(38)43/h6-9,12-13,15-17H,4-5,10-11H2,1-3H3,(H2,34,35,37). The van der Waals surface area contributed by atoms with Gasteiger partial charge in [-0.25, -0.2) is 9.50 Å². The SMILES string of the molecule is CC(n1nccc1-c1cc(-c2ccc(C#N)c(N3CCN(C(=O)C4CC4)C(C)(C)C3=O)c2)n2ncnc(N)c12)C(F)(F)F. The number of halogens is 3. The summed E-state index contributed by atoms with van der Waals surface area (Å²) in [6.07, 6.45) is -0.390. The fourth-order valence-corrected chi connectivity index (χ4v) is 5.65. The minimum Gasteiger partial charge on any atom is -0.382 e. The molecule has 2 fully saturated rings. The van der Waals surface area contributed by atoms with E-state index in [1.165, 1.54) is 28.0 Å². The molecule has 14 heteroatoms. The van der Waals surface area contributed by atoms with E-state index in [4.69, 9.17) is 5.73 Å². The van der Waals surface area contributed by atoms with Crippen molar-refractivity contribution in [3.63, 3.8) is 0 Å². The van der Waals surface area contributed by atoms with Crippen LogP contribution in [0.3, 0.4) is 0 Å². The number of nitrogens with zero attached hydrogens (tertiary/aromatic N) is 8. The molecule has 1 aromatic carbocycles. The van der Waals surface area contributed by atoms with Crippen LogP contribution in [0.15, 0.2) is 42.9 Å². The molecular weight excluding hydrogens is 563 g/mol. The number of benzene rings is 1. The molecule has 3 aromatic heterocycles. The maximum absolute atomic E-state index is 13.8. The van der Waals surface area contributed by atoms with Crippen molar-refractivity contribution in [1.82, 2.24) is 29.3 Å². The number of hydrogen-bond donors (Lipinski definition) is 1. The Hall–Kier alpha value is -4.93. The van der Waals surface area contributed by atoms with Gasteiger partial charge in [0.2, 0.25) is 5.91 Å². The Balaban J connectivity index is 1.46. The molecule has 1 aliphatic carbocycles. The lowest BCUT2D eigenvalue weighted by Crippen LogP contribution is -2.65. The summed E-state index contributed by atoms with van der Waals surface area (Å²) >= 11 is 0. The van der Waals surface area contributed by atoms with Crippen LogP contribution in [0.2, 0.25) is 0 Å². The van der Waals surface area contributed by atoms with Gasteiger partial charge in [-0.05, 0) is 57.9 Å². The zero-order chi connectivity index (χ0) is 30.8. The molecule has 2 N–H and O–H groups in total. The molecule has 1 unspecified atom stereocenters. The van der Waals surface area contributed by atoms with Crippen molar-refractivity contribution in [3.05, 3.63) is 48.4 Å². The second-order valence-electron chi connectivity index (χ2n) is 11.4. The third-order valence-electron chi connectivity index (χ3n) is 8.26. The van der Waals surface area contributed by atoms with Gasteiger partial charge in [0.15, 0.2) is 5.82 Å². The predicted molar refractivity (Wildman–Crippen MR) is 150 cm³/mol. The van der Waals surface area contributed by atoms with Gasteiger partial charge >= 0.3 is 6.18 Å². The summed E-state index contributed by atoms with van der Waals surface area (Å²) < 4.78 is 43.3. The maximum Gasteiger partial charge on any atom is 0.410 e. The summed E-state index contributed by atoms with van der Waals surface area (Å²) in [6, 6.07) is 8.25. The van der Waals surface area contributed by atoms with E-state index >= 15 is 0 Å². The van der Waals surface area contributed by atoms with Gasteiger partial charge in [-0.1, -0.05) is 6.07 Å². The van der Waals surface area contributed by atoms with E-state index in [-0.39, 0.29) is 46.9 Å². The number of nitrogen functional groups attached to an aromatic ring is 1. The fraction of sp³-hybridized carbons (Fsp3) is 0.379. The number of anilines is 2. The largest absolute Gasteiger partial charge is 0.410 e. The number of aromatic nitrogens is 5. The topological polar surface area (TPSA) is 138 Å². The summed E-state index contributed by atoms with van der Waals surface area (Å²) in [5.74, 6) is -0.348. The second-order valence-corrected chi connectivity index (χ2v) is 11.4. The number of fused-ring (bicyclic) bond motifs is 1. The van der Waals surface area contributed by atoms with Crippen molar-refractivity contribution in [2.75, 3.05) is 23.7 Å². The first-order chi connectivity index (χ1) is 20.3. The zero-order valence-electron chi connectivity index (χ0n) is 23.6. The van der Waals surface area contributed by atoms with Crippen LogP contribution >= 0.6 is 0 Å². The Morgan fingerprint density at radius 1 is 1.14 bits per heavy atom. The van der Waals surface area contributed by atoms with E-state index in [0.717, 1.165) is 24.4 Å². The molecule has 6 rings (SSSR count). The lowest BCUT2D eigenvalue weighted by atomic mass is 9.95. The quantitative estimate of drug-likeness (QED) is 0.367. The first kappa shape index (κ1) is 28.2. The van der Waals surface area contributed by atoms with Gasteiger partial charge in [-0.2, -0.15) is 28.6 Å². The van der Waals surface area contributed by atoms with Crippen molar-refractivity contribution < 1.29 is 22.8 Å². The highest BCUT2D eigenvalue weighted by atomic mass is 19.4. The number of piperazine rings is 1. The molecule has 1 atom stereocenters. The van der Waals surface area contributed by atoms with Crippen LogP contribution in [0.5, 0.6) is 0 Å². The van der Waals surface area contributed by atoms with Crippen LogP contribution in [0.25, 0.3) is 28.0 Å². The molecule has 2 amide bonds. The number of alkyl halides is 3. The van der Waals surface area contributed by atoms with Gasteiger partial charge in [0.25, 0.3) is 5.91 Å². The molecule has 1 saturated heterocycles. The Morgan fingerprint density at radius 2 is 1.88 bits per heavy atom. The van der Waals surface area contributed by atoms with Gasteiger partial charge in [-0.3, -0.25) is 14.3 Å². The normalized spacial score (nSPS) is 17.7. The summed E-state index contributed by atoms with van der Waals surface area (Å²) in [6.45, 7) is 4.93. The van der Waals surface area contributed by atoms with Crippen LogP contribution in [0.1, 0.15) is 45.2 Å². The average Bonchev–Trinajstić information content (AvgIpc) is 3.58. The van der Waals surface area contributed by atoms with Crippen LogP contribution in [-0.2, 0) is 9.59 Å². The van der Waals surface area contributed by atoms with Crippen LogP contribution in [0, 0.1) is 17.2 Å². The average molecular weight is 592 g/mol. The van der Waals surface area contributed by atoms with Crippen LogP contribution in [0.4, 0.5) is 24.7 Å². The van der Waals surface area contributed by atoms with E-state index < -0.39 is 17.8 Å². The zero-order valence-corrected chi connectivity index (χ0v) is 23.6. The van der Waals surface area contributed by atoms with Crippen molar-refractivity contribution in [2.24, 2.45) is 5.92 Å². The molecule has 222 valence electrons. The highest BCUT2D eigenvalue weighted by Crippen LogP contribution is 2.40. The third-order valence-corrected chi connectivity index (χ3v) is 8.26. The smallest absolute Gasteiger partial charge is 0.382 e. The lowest BCUT2D eigenvalue weighted by molar-refractivity contribution is -0.165. The Kier molecular flexibility index (Phi) is 6.44. The summed E-state index contributed by atoms with van der Waals surface area (Å²) in [4.78, 5) is 33.9. The van der Waals surface area contributed by atoms with E-state index in [1.54, 1.807) is 43.0 Å². The third kappa shape index (κ3) is 4.55. The lowest BCUT2D eigenvalue weighted by Gasteiger charge is -2.46. The van der Waals surface area contributed by atoms with E-state index in [0.29, 0.717) is 29.1 Å². The Morgan fingerprint density at radius 3 is 2.56 bits per heavy atom. The monoisotopic (exact) mass is 591 g/mol. The van der Waals surface area contributed by atoms with Gasteiger partial charge in [0.05, 0.1) is 22.6 Å². The number of rotatable bonds is 5. The first-order valence-corrected chi connectivity index (χ1v) is 13.8.